The first-order chi connectivity index (χ1) is 13.0. The zero-order chi connectivity index (χ0) is 19.0. The number of hydrogen-bond donors (Lipinski definition) is 2. The number of hydrogen-bond acceptors (Lipinski definition) is 5. The molecule has 0 saturated carbocycles. The summed E-state index contributed by atoms with van der Waals surface area (Å²) >= 11 is 0. The van der Waals surface area contributed by atoms with Crippen molar-refractivity contribution in [1.82, 2.24) is 29.8 Å². The Kier molecular flexibility index (Phi) is 4.03. The molecule has 9 nitrogen and oxygen atoms in total. The molecular weight excluding hydrogens is 346 g/mol. The van der Waals surface area contributed by atoms with E-state index in [9.17, 15) is 9.59 Å². The highest BCUT2D eigenvalue weighted by molar-refractivity contribution is 5.93. The first-order valence-electron chi connectivity index (χ1n) is 8.34. The molecule has 4 rings (SSSR count). The summed E-state index contributed by atoms with van der Waals surface area (Å²) in [5, 5.41) is 19.1. The minimum atomic E-state index is -0.362. The normalized spacial score (nSPS) is 11.0. The van der Waals surface area contributed by atoms with E-state index in [4.69, 9.17) is 0 Å². The van der Waals surface area contributed by atoms with Crippen molar-refractivity contribution in [2.75, 3.05) is 5.32 Å². The van der Waals surface area contributed by atoms with Gasteiger partial charge in [0.1, 0.15) is 6.54 Å². The quantitative estimate of drug-likeness (QED) is 0.572. The van der Waals surface area contributed by atoms with Crippen molar-refractivity contribution >= 4 is 22.5 Å². The van der Waals surface area contributed by atoms with E-state index in [1.165, 1.54) is 6.07 Å². The van der Waals surface area contributed by atoms with Crippen LogP contribution in [0.3, 0.4) is 0 Å². The third-order valence-corrected chi connectivity index (χ3v) is 4.10. The monoisotopic (exact) mass is 363 g/mol. The predicted octanol–water partition coefficient (Wildman–Crippen LogP) is 1.56. The van der Waals surface area contributed by atoms with Crippen molar-refractivity contribution in [3.63, 3.8) is 0 Å². The average molecular weight is 363 g/mol. The van der Waals surface area contributed by atoms with Gasteiger partial charge in [0.2, 0.25) is 5.91 Å². The fraction of sp³-hybridized carbons (Fsp3) is 0.167. The molecule has 0 aliphatic carbocycles. The van der Waals surface area contributed by atoms with E-state index < -0.39 is 0 Å². The molecule has 1 amide bonds. The van der Waals surface area contributed by atoms with Gasteiger partial charge in [0, 0.05) is 22.8 Å². The van der Waals surface area contributed by atoms with Crippen LogP contribution in [-0.2, 0) is 11.3 Å². The maximum atomic E-state index is 12.4. The first kappa shape index (κ1) is 16.7. The van der Waals surface area contributed by atoms with E-state index in [-0.39, 0.29) is 18.0 Å². The summed E-state index contributed by atoms with van der Waals surface area (Å²) in [4.78, 5) is 24.5. The second kappa shape index (κ2) is 6.52. The molecule has 136 valence electrons. The second-order valence-electron chi connectivity index (χ2n) is 6.25. The van der Waals surface area contributed by atoms with Gasteiger partial charge in [0.15, 0.2) is 5.82 Å². The zero-order valence-corrected chi connectivity index (χ0v) is 14.8. The maximum Gasteiger partial charge on any atom is 0.267 e. The van der Waals surface area contributed by atoms with Gasteiger partial charge in [-0.3, -0.25) is 14.7 Å². The van der Waals surface area contributed by atoms with E-state index >= 15 is 0 Å². The van der Waals surface area contributed by atoms with Crippen LogP contribution < -0.4 is 10.9 Å². The predicted molar refractivity (Wildman–Crippen MR) is 99.8 cm³/mol. The Hall–Kier alpha value is -3.75. The Morgan fingerprint density at radius 3 is 2.78 bits per heavy atom. The lowest BCUT2D eigenvalue weighted by Crippen LogP contribution is -2.30. The Bertz CT molecular complexity index is 1200. The van der Waals surface area contributed by atoms with Gasteiger partial charge < -0.3 is 5.32 Å². The molecule has 0 saturated heterocycles. The molecule has 0 bridgehead atoms. The molecule has 3 heterocycles. The average Bonchev–Trinajstić information content (AvgIpc) is 3.22. The first-order valence-corrected chi connectivity index (χ1v) is 8.34. The molecule has 0 aliphatic rings. The number of nitrogens with zero attached hydrogens (tertiary/aromatic N) is 5. The van der Waals surface area contributed by atoms with Gasteiger partial charge in [-0.05, 0) is 44.2 Å². The lowest BCUT2D eigenvalue weighted by molar-refractivity contribution is -0.117. The molecule has 2 N–H and O–H groups in total. The van der Waals surface area contributed by atoms with Gasteiger partial charge in [-0.2, -0.15) is 10.2 Å². The Morgan fingerprint density at radius 1 is 1.15 bits per heavy atom. The molecule has 1 aromatic carbocycles. The number of aromatic amines is 1. The number of fused-ring (bicyclic) bond motifs is 1. The van der Waals surface area contributed by atoms with Crippen molar-refractivity contribution < 1.29 is 4.79 Å². The van der Waals surface area contributed by atoms with E-state index in [0.29, 0.717) is 11.5 Å². The fourth-order valence-corrected chi connectivity index (χ4v) is 2.88. The van der Waals surface area contributed by atoms with Crippen molar-refractivity contribution in [2.24, 2.45) is 0 Å². The summed E-state index contributed by atoms with van der Waals surface area (Å²) in [5.41, 5.74) is 2.80. The van der Waals surface area contributed by atoms with Gasteiger partial charge in [-0.1, -0.05) is 0 Å². The lowest BCUT2D eigenvalue weighted by atomic mass is 10.2. The topological polar surface area (TPSA) is 110 Å². The van der Waals surface area contributed by atoms with Crippen LogP contribution in [0.5, 0.6) is 0 Å². The van der Waals surface area contributed by atoms with E-state index in [0.717, 1.165) is 27.0 Å². The van der Waals surface area contributed by atoms with Crippen LogP contribution in [0, 0.1) is 13.8 Å². The summed E-state index contributed by atoms with van der Waals surface area (Å²) in [6, 6.07) is 10.3. The fourth-order valence-electron chi connectivity index (χ4n) is 2.88. The van der Waals surface area contributed by atoms with Gasteiger partial charge in [0.25, 0.3) is 5.56 Å². The van der Waals surface area contributed by atoms with E-state index in [2.05, 4.69) is 25.7 Å². The van der Waals surface area contributed by atoms with Crippen LogP contribution >= 0.6 is 0 Å². The Morgan fingerprint density at radius 2 is 2.00 bits per heavy atom. The van der Waals surface area contributed by atoms with Crippen LogP contribution in [-0.4, -0.2) is 35.7 Å². The second-order valence-corrected chi connectivity index (χ2v) is 6.25. The molecule has 0 radical (unpaired) electrons. The highest BCUT2D eigenvalue weighted by Crippen LogP contribution is 2.16. The number of benzene rings is 1. The van der Waals surface area contributed by atoms with Crippen LogP contribution in [0.25, 0.3) is 16.7 Å². The number of amides is 1. The SMILES string of the molecule is Cc1cc(C)n(-c2ccc(=O)n(CC(=O)Nc3ccc4cn[nH]c4c3)n2)n1. The van der Waals surface area contributed by atoms with Crippen LogP contribution in [0.15, 0.2) is 47.4 Å². The molecule has 4 aromatic rings. The molecule has 0 fully saturated rings. The summed E-state index contributed by atoms with van der Waals surface area (Å²) < 4.78 is 2.76. The number of carbonyl (C=O) groups is 1. The largest absolute Gasteiger partial charge is 0.324 e. The zero-order valence-electron chi connectivity index (χ0n) is 14.8. The Labute approximate surface area is 153 Å². The smallest absolute Gasteiger partial charge is 0.267 e. The number of H-pyrrole nitrogens is 1. The van der Waals surface area contributed by atoms with Gasteiger partial charge in [-0.15, -0.1) is 5.10 Å². The standard InChI is InChI=1S/C18H17N7O2/c1-11-7-12(2)25(22-11)16-5-6-18(27)24(23-16)10-17(26)20-14-4-3-13-9-19-21-15(13)8-14/h3-9H,10H2,1-2H3,(H,19,21)(H,20,26). The number of nitrogens with one attached hydrogen (secondary N) is 2. The van der Waals surface area contributed by atoms with Crippen molar-refractivity contribution in [3.8, 4) is 5.82 Å². The molecule has 0 aliphatic heterocycles. The number of aromatic nitrogens is 6. The number of carbonyl (C=O) groups excluding carboxylic acids is 1. The van der Waals surface area contributed by atoms with Gasteiger partial charge >= 0.3 is 0 Å². The third kappa shape index (κ3) is 3.34. The van der Waals surface area contributed by atoms with Crippen molar-refractivity contribution in [1.29, 1.82) is 0 Å². The van der Waals surface area contributed by atoms with Gasteiger partial charge in [0.05, 0.1) is 17.4 Å². The minimum absolute atomic E-state index is 0.201. The van der Waals surface area contributed by atoms with Crippen molar-refractivity contribution in [2.45, 2.75) is 20.4 Å². The molecule has 0 unspecified atom stereocenters. The third-order valence-electron chi connectivity index (χ3n) is 4.10. The van der Waals surface area contributed by atoms with Gasteiger partial charge in [-0.25, -0.2) is 9.36 Å². The van der Waals surface area contributed by atoms with Crippen molar-refractivity contribution in [3.05, 3.63) is 64.3 Å². The van der Waals surface area contributed by atoms with Crippen LogP contribution in [0.4, 0.5) is 5.69 Å². The molecule has 3 aromatic heterocycles. The number of anilines is 1. The summed E-state index contributed by atoms with van der Waals surface area (Å²) in [6.07, 6.45) is 1.70. The van der Waals surface area contributed by atoms with E-state index in [1.54, 1.807) is 29.1 Å². The highest BCUT2D eigenvalue weighted by Gasteiger charge is 2.11. The molecule has 0 atom stereocenters. The van der Waals surface area contributed by atoms with Crippen LogP contribution in [0.1, 0.15) is 11.4 Å². The molecule has 9 heteroatoms. The number of aryl methyl sites for hydroxylation is 2. The van der Waals surface area contributed by atoms with Crippen LogP contribution in [0.2, 0.25) is 0 Å². The lowest BCUT2D eigenvalue weighted by Gasteiger charge is -2.09. The molecule has 0 spiro atoms. The summed E-state index contributed by atoms with van der Waals surface area (Å²) in [5.74, 6) is 0.126. The number of rotatable bonds is 4. The molecular formula is C18H17N7O2. The minimum Gasteiger partial charge on any atom is -0.324 e. The maximum absolute atomic E-state index is 12.4. The summed E-state index contributed by atoms with van der Waals surface area (Å²) in [6.45, 7) is 3.58. The Balaban J connectivity index is 1.56. The molecule has 27 heavy (non-hydrogen) atoms. The summed E-state index contributed by atoms with van der Waals surface area (Å²) in [7, 11) is 0. The highest BCUT2D eigenvalue weighted by atomic mass is 16.2. The van der Waals surface area contributed by atoms with E-state index in [1.807, 2.05) is 26.0 Å².